The van der Waals surface area contributed by atoms with Crippen LogP contribution in [0.15, 0.2) is 29.3 Å². The van der Waals surface area contributed by atoms with Gasteiger partial charge in [-0.15, -0.1) is 0 Å². The summed E-state index contributed by atoms with van der Waals surface area (Å²) in [4.78, 5) is 29.0. The van der Waals surface area contributed by atoms with E-state index in [1.165, 1.54) is 23.3 Å². The monoisotopic (exact) mass is 442 g/mol. The van der Waals surface area contributed by atoms with Crippen LogP contribution in [0.1, 0.15) is 31.7 Å². The number of benzene rings is 1. The third-order valence-corrected chi connectivity index (χ3v) is 7.45. The molecule has 31 heavy (non-hydrogen) atoms. The number of sulfone groups is 1. The Labute approximate surface area is 179 Å². The number of amides is 1. The van der Waals surface area contributed by atoms with Gasteiger partial charge in [0.05, 0.1) is 22.8 Å². The zero-order chi connectivity index (χ0) is 22.9. The van der Waals surface area contributed by atoms with Crippen molar-refractivity contribution in [1.82, 2.24) is 15.0 Å². The molecule has 1 saturated carbocycles. The lowest BCUT2D eigenvalue weighted by molar-refractivity contribution is -0.131. The zero-order valence-corrected chi connectivity index (χ0v) is 17.9. The first kappa shape index (κ1) is 22.5. The van der Waals surface area contributed by atoms with Gasteiger partial charge in [0.1, 0.15) is 0 Å². The average Bonchev–Trinajstić information content (AvgIpc) is 3.46. The van der Waals surface area contributed by atoms with Gasteiger partial charge in [-0.1, -0.05) is 11.8 Å². The molecule has 2 aromatic rings. The van der Waals surface area contributed by atoms with Crippen molar-refractivity contribution in [2.24, 2.45) is 5.73 Å². The Balaban J connectivity index is 1.84. The van der Waals surface area contributed by atoms with Crippen molar-refractivity contribution in [1.29, 1.82) is 0 Å². The third kappa shape index (κ3) is 4.78. The summed E-state index contributed by atoms with van der Waals surface area (Å²) >= 11 is 0. The van der Waals surface area contributed by atoms with Gasteiger partial charge in [0.25, 0.3) is 11.5 Å². The largest absolute Gasteiger partial charge is 0.315 e. The Hall–Kier alpha value is -3.18. The molecule has 1 amide bonds. The molecule has 0 aliphatic heterocycles. The van der Waals surface area contributed by atoms with Gasteiger partial charge in [-0.2, -0.15) is 0 Å². The van der Waals surface area contributed by atoms with E-state index >= 15 is 0 Å². The molecule has 10 heteroatoms. The standard InChI is InChI=1S/C21H22N4O5S/c1-20(19(27)24-28,31(2,29)30)11-12-25-14-23-17-13-15(6-7-16(17)18(25)26)5-3-4-8-21(22)9-10-21/h6-7,13-14,28H,9-12,22H2,1-2H3,(H,24,27)/t20-/m1/s1. The van der Waals surface area contributed by atoms with Crippen LogP contribution in [0.5, 0.6) is 0 Å². The highest BCUT2D eigenvalue weighted by Crippen LogP contribution is 2.30. The molecule has 0 unspecified atom stereocenters. The lowest BCUT2D eigenvalue weighted by Crippen LogP contribution is -2.50. The van der Waals surface area contributed by atoms with Gasteiger partial charge >= 0.3 is 0 Å². The molecule has 1 atom stereocenters. The van der Waals surface area contributed by atoms with Crippen LogP contribution in [0.25, 0.3) is 10.9 Å². The van der Waals surface area contributed by atoms with Crippen LogP contribution in [0.2, 0.25) is 0 Å². The average molecular weight is 442 g/mol. The number of nitrogens with two attached hydrogens (primary N) is 1. The zero-order valence-electron chi connectivity index (χ0n) is 17.1. The summed E-state index contributed by atoms with van der Waals surface area (Å²) in [6, 6.07) is 4.91. The van der Waals surface area contributed by atoms with Crippen molar-refractivity contribution in [3.05, 3.63) is 40.4 Å². The van der Waals surface area contributed by atoms with Gasteiger partial charge in [-0.25, -0.2) is 18.9 Å². The lowest BCUT2D eigenvalue weighted by atomic mass is 10.1. The second kappa shape index (κ2) is 8.16. The molecule has 1 aliphatic carbocycles. The van der Waals surface area contributed by atoms with E-state index in [-0.39, 0.29) is 18.5 Å². The van der Waals surface area contributed by atoms with Gasteiger partial charge in [-0.05, 0) is 56.2 Å². The number of hydrogen-bond acceptors (Lipinski definition) is 7. The van der Waals surface area contributed by atoms with E-state index < -0.39 is 26.0 Å². The molecule has 0 bridgehead atoms. The predicted molar refractivity (Wildman–Crippen MR) is 115 cm³/mol. The number of aryl methyl sites for hydroxylation is 1. The molecule has 0 spiro atoms. The number of nitrogens with one attached hydrogen (secondary N) is 1. The van der Waals surface area contributed by atoms with Gasteiger partial charge in [0, 0.05) is 18.4 Å². The molecule has 0 radical (unpaired) electrons. The molecule has 4 N–H and O–H groups in total. The predicted octanol–water partition coefficient (Wildman–Crippen LogP) is -0.0585. The SMILES string of the molecule is C[C@@](CCn1cnc2cc(C#CC#CC3(N)CC3)ccc2c1=O)(C(=O)NO)S(C)(=O)=O. The lowest BCUT2D eigenvalue weighted by Gasteiger charge is -2.25. The number of carbonyl (C=O) groups excluding carboxylic acids is 1. The molecular weight excluding hydrogens is 420 g/mol. The number of hydrogen-bond donors (Lipinski definition) is 3. The first-order valence-electron chi connectivity index (χ1n) is 9.44. The summed E-state index contributed by atoms with van der Waals surface area (Å²) in [5.41, 5.74) is 7.54. The molecule has 3 rings (SSSR count). The minimum absolute atomic E-state index is 0.0866. The highest BCUT2D eigenvalue weighted by molar-refractivity contribution is 7.92. The molecule has 1 aromatic carbocycles. The second-order valence-electron chi connectivity index (χ2n) is 7.83. The molecule has 0 saturated heterocycles. The molecule has 1 heterocycles. The maximum absolute atomic E-state index is 12.8. The number of aromatic nitrogens is 2. The molecule has 1 aliphatic rings. The summed E-state index contributed by atoms with van der Waals surface area (Å²) in [6.45, 7) is 1.10. The van der Waals surface area contributed by atoms with Gasteiger partial charge in [0.15, 0.2) is 14.6 Å². The third-order valence-electron chi connectivity index (χ3n) is 5.42. The summed E-state index contributed by atoms with van der Waals surface area (Å²) in [5.74, 6) is 10.2. The van der Waals surface area contributed by atoms with Gasteiger partial charge < -0.3 is 5.73 Å². The van der Waals surface area contributed by atoms with E-state index in [0.717, 1.165) is 19.1 Å². The van der Waals surface area contributed by atoms with Crippen LogP contribution >= 0.6 is 0 Å². The van der Waals surface area contributed by atoms with Crippen molar-refractivity contribution in [3.63, 3.8) is 0 Å². The number of fused-ring (bicyclic) bond motifs is 1. The Kier molecular flexibility index (Phi) is 5.92. The Bertz CT molecular complexity index is 1340. The fourth-order valence-electron chi connectivity index (χ4n) is 2.83. The Morgan fingerprint density at radius 1 is 1.39 bits per heavy atom. The normalized spacial score (nSPS) is 16.3. The van der Waals surface area contributed by atoms with Crippen molar-refractivity contribution < 1.29 is 18.4 Å². The first-order valence-corrected chi connectivity index (χ1v) is 11.3. The van der Waals surface area contributed by atoms with Crippen molar-refractivity contribution in [3.8, 4) is 23.7 Å². The topological polar surface area (TPSA) is 144 Å². The van der Waals surface area contributed by atoms with Gasteiger partial charge in [-0.3, -0.25) is 19.4 Å². The van der Waals surface area contributed by atoms with Crippen LogP contribution in [0.3, 0.4) is 0 Å². The molecular formula is C21H22N4O5S. The van der Waals surface area contributed by atoms with E-state index in [1.54, 1.807) is 18.2 Å². The second-order valence-corrected chi connectivity index (χ2v) is 10.3. The highest BCUT2D eigenvalue weighted by Gasteiger charge is 2.43. The fourth-order valence-corrected chi connectivity index (χ4v) is 3.68. The van der Waals surface area contributed by atoms with Gasteiger partial charge in [0.2, 0.25) is 0 Å². The maximum Gasteiger partial charge on any atom is 0.264 e. The Morgan fingerprint density at radius 3 is 2.71 bits per heavy atom. The highest BCUT2D eigenvalue weighted by atomic mass is 32.2. The number of rotatable bonds is 5. The quantitative estimate of drug-likeness (QED) is 0.334. The van der Waals surface area contributed by atoms with E-state index in [9.17, 15) is 18.0 Å². The van der Waals surface area contributed by atoms with E-state index in [1.807, 2.05) is 0 Å². The Morgan fingerprint density at radius 2 is 2.10 bits per heavy atom. The molecule has 1 aromatic heterocycles. The van der Waals surface area contributed by atoms with Crippen molar-refractivity contribution in [2.75, 3.05) is 6.26 Å². The summed E-state index contributed by atoms with van der Waals surface area (Å²) in [7, 11) is -3.87. The van der Waals surface area contributed by atoms with Crippen molar-refractivity contribution in [2.45, 2.75) is 43.0 Å². The van der Waals surface area contributed by atoms with Crippen molar-refractivity contribution >= 4 is 26.6 Å². The minimum atomic E-state index is -3.87. The molecule has 1 fully saturated rings. The minimum Gasteiger partial charge on any atom is -0.315 e. The summed E-state index contributed by atoms with van der Waals surface area (Å²) < 4.78 is 23.5. The summed E-state index contributed by atoms with van der Waals surface area (Å²) in [5, 5.41) is 9.23. The van der Waals surface area contributed by atoms with E-state index in [0.29, 0.717) is 16.5 Å². The van der Waals surface area contributed by atoms with E-state index in [2.05, 4.69) is 28.7 Å². The van der Waals surface area contributed by atoms with Crippen LogP contribution in [0.4, 0.5) is 0 Å². The van der Waals surface area contributed by atoms with Crippen LogP contribution in [0, 0.1) is 23.7 Å². The first-order chi connectivity index (χ1) is 14.5. The van der Waals surface area contributed by atoms with Crippen LogP contribution < -0.4 is 16.8 Å². The number of nitrogens with zero attached hydrogens (tertiary/aromatic N) is 2. The van der Waals surface area contributed by atoms with E-state index in [4.69, 9.17) is 10.9 Å². The maximum atomic E-state index is 12.8. The summed E-state index contributed by atoms with van der Waals surface area (Å²) in [6.07, 6.45) is 3.71. The van der Waals surface area contributed by atoms with Crippen LogP contribution in [-0.4, -0.2) is 45.6 Å². The number of hydroxylamine groups is 1. The fraction of sp³-hybridized carbons (Fsp3) is 0.381. The molecule has 9 nitrogen and oxygen atoms in total. The smallest absolute Gasteiger partial charge is 0.264 e. The van der Waals surface area contributed by atoms with Crippen LogP contribution in [-0.2, 0) is 21.2 Å². The molecule has 162 valence electrons. The number of carbonyl (C=O) groups is 1.